The molecule has 152 valence electrons. The Kier molecular flexibility index (Phi) is 8.15. The molecular weight excluding hydrogens is 370 g/mol. The molecular formula is C18H29N3O5S. The molecule has 1 aromatic carbocycles. The van der Waals surface area contributed by atoms with Gasteiger partial charge in [-0.15, -0.1) is 0 Å². The maximum atomic E-state index is 10.5. The van der Waals surface area contributed by atoms with Crippen LogP contribution in [0, 0.1) is 10.1 Å². The van der Waals surface area contributed by atoms with Crippen molar-refractivity contribution in [3.63, 3.8) is 0 Å². The van der Waals surface area contributed by atoms with Crippen molar-refractivity contribution in [3.8, 4) is 0 Å². The van der Waals surface area contributed by atoms with E-state index in [1.807, 2.05) is 12.1 Å². The van der Waals surface area contributed by atoms with Crippen molar-refractivity contribution in [3.05, 3.63) is 39.9 Å². The maximum Gasteiger partial charge on any atom is 0.333 e. The fourth-order valence-corrected chi connectivity index (χ4v) is 4.41. The fraction of sp³-hybridized carbons (Fsp3) is 0.667. The van der Waals surface area contributed by atoms with Gasteiger partial charge in [-0.1, -0.05) is 31.4 Å². The van der Waals surface area contributed by atoms with Crippen molar-refractivity contribution < 1.29 is 17.9 Å². The summed E-state index contributed by atoms with van der Waals surface area (Å²) in [5.74, 6) is 0.528. The van der Waals surface area contributed by atoms with Gasteiger partial charge in [-0.3, -0.25) is 14.7 Å². The molecule has 8 nitrogen and oxygen atoms in total. The molecule has 4 N–H and O–H groups in total. The molecule has 0 aromatic heterocycles. The van der Waals surface area contributed by atoms with E-state index in [-0.39, 0.29) is 16.7 Å². The summed E-state index contributed by atoms with van der Waals surface area (Å²) in [4.78, 5) is 10.2. The summed E-state index contributed by atoms with van der Waals surface area (Å²) in [7, 11) is -3.97. The minimum Gasteiger partial charge on any atom is -0.328 e. The largest absolute Gasteiger partial charge is 0.333 e. The van der Waals surface area contributed by atoms with E-state index >= 15 is 0 Å². The van der Waals surface area contributed by atoms with Crippen LogP contribution < -0.4 is 10.5 Å². The number of nitro groups is 1. The first-order chi connectivity index (χ1) is 12.7. The van der Waals surface area contributed by atoms with Crippen molar-refractivity contribution in [1.29, 1.82) is 0 Å². The smallest absolute Gasteiger partial charge is 0.328 e. The van der Waals surface area contributed by atoms with E-state index in [1.54, 1.807) is 12.1 Å². The highest BCUT2D eigenvalue weighted by molar-refractivity contribution is 7.83. The molecule has 27 heavy (non-hydrogen) atoms. The summed E-state index contributed by atoms with van der Waals surface area (Å²) in [6.45, 7) is 0. The number of benzene rings is 1. The van der Waals surface area contributed by atoms with Gasteiger partial charge in [-0.25, -0.2) is 0 Å². The second kappa shape index (κ2) is 10.1. The molecule has 1 aromatic rings. The maximum absolute atomic E-state index is 10.5. The third-order valence-electron chi connectivity index (χ3n) is 5.27. The molecule has 0 saturated heterocycles. The van der Waals surface area contributed by atoms with Gasteiger partial charge in [0.1, 0.15) is 0 Å². The topological polar surface area (TPSA) is 136 Å². The zero-order valence-corrected chi connectivity index (χ0v) is 16.2. The lowest BCUT2D eigenvalue weighted by atomic mass is 9.82. The zero-order chi connectivity index (χ0) is 19.9. The monoisotopic (exact) mass is 399 g/mol. The van der Waals surface area contributed by atoms with Crippen LogP contribution in [0.25, 0.3) is 0 Å². The van der Waals surface area contributed by atoms with Crippen LogP contribution in [0.1, 0.15) is 69.3 Å². The number of nitrogens with one attached hydrogen (secondary N) is 1. The Morgan fingerprint density at radius 2 is 1.56 bits per heavy atom. The summed E-state index contributed by atoms with van der Waals surface area (Å²) in [6, 6.07) is 7.22. The molecule has 2 aliphatic carbocycles. The zero-order valence-electron chi connectivity index (χ0n) is 15.4. The van der Waals surface area contributed by atoms with Gasteiger partial charge in [0.15, 0.2) is 0 Å². The second-order valence-corrected chi connectivity index (χ2v) is 8.57. The van der Waals surface area contributed by atoms with Crippen molar-refractivity contribution in [2.75, 3.05) is 0 Å². The van der Waals surface area contributed by atoms with Gasteiger partial charge in [0.05, 0.1) is 4.92 Å². The molecule has 0 spiro atoms. The highest BCUT2D eigenvalue weighted by Crippen LogP contribution is 2.32. The van der Waals surface area contributed by atoms with Gasteiger partial charge < -0.3 is 5.73 Å². The van der Waals surface area contributed by atoms with Crippen LogP contribution in [0.5, 0.6) is 0 Å². The molecule has 0 radical (unpaired) electrons. The molecule has 0 atom stereocenters. The van der Waals surface area contributed by atoms with Crippen molar-refractivity contribution in [1.82, 2.24) is 4.72 Å². The standard InChI is InChI=1S/C12H16N2O2.C6H13NO3S/c13-11-5-1-9(2-6-11)10-3-7-12(8-4-10)14(15)16;8-11(9,10)7-6-4-2-1-3-5-6/h3-4,7-9,11H,1-2,5-6,13H2;6-7H,1-5H2,(H,8,9,10). The van der Waals surface area contributed by atoms with E-state index in [1.165, 1.54) is 12.0 Å². The average molecular weight is 400 g/mol. The lowest BCUT2D eigenvalue weighted by molar-refractivity contribution is -0.384. The van der Waals surface area contributed by atoms with E-state index in [4.69, 9.17) is 10.3 Å². The van der Waals surface area contributed by atoms with E-state index in [0.29, 0.717) is 12.0 Å². The highest BCUT2D eigenvalue weighted by Gasteiger charge is 2.20. The van der Waals surface area contributed by atoms with Crippen LogP contribution in [0.4, 0.5) is 5.69 Å². The molecule has 2 fully saturated rings. The third kappa shape index (κ3) is 7.92. The van der Waals surface area contributed by atoms with Crippen LogP contribution in [-0.2, 0) is 10.3 Å². The molecule has 0 amide bonds. The number of nitro benzene ring substituents is 1. The number of hydrogen-bond donors (Lipinski definition) is 3. The number of nitrogens with two attached hydrogens (primary N) is 1. The summed E-state index contributed by atoms with van der Waals surface area (Å²) in [5.41, 5.74) is 7.22. The average Bonchev–Trinajstić information content (AvgIpc) is 2.62. The summed E-state index contributed by atoms with van der Waals surface area (Å²) >= 11 is 0. The van der Waals surface area contributed by atoms with Gasteiger partial charge in [0.2, 0.25) is 0 Å². The van der Waals surface area contributed by atoms with E-state index < -0.39 is 10.3 Å². The Labute approximate surface area is 160 Å². The van der Waals surface area contributed by atoms with Gasteiger partial charge in [0.25, 0.3) is 5.69 Å². The first kappa shape index (κ1) is 21.7. The molecule has 0 heterocycles. The minimum atomic E-state index is -3.97. The molecule has 0 unspecified atom stereocenters. The fourth-order valence-electron chi connectivity index (χ4n) is 3.75. The molecule has 2 aliphatic rings. The van der Waals surface area contributed by atoms with Crippen molar-refractivity contribution >= 4 is 16.0 Å². The van der Waals surface area contributed by atoms with E-state index in [9.17, 15) is 18.5 Å². The van der Waals surface area contributed by atoms with Crippen LogP contribution in [0.15, 0.2) is 24.3 Å². The second-order valence-electron chi connectivity index (χ2n) is 7.39. The molecule has 2 saturated carbocycles. The Balaban J connectivity index is 0.000000208. The van der Waals surface area contributed by atoms with Crippen LogP contribution in [-0.4, -0.2) is 30.0 Å². The Hall–Kier alpha value is -1.55. The van der Waals surface area contributed by atoms with Crippen LogP contribution in [0.2, 0.25) is 0 Å². The predicted molar refractivity (Wildman–Crippen MR) is 104 cm³/mol. The number of hydrogen-bond acceptors (Lipinski definition) is 5. The Bertz CT molecular complexity index is 694. The molecule has 0 bridgehead atoms. The lowest BCUT2D eigenvalue weighted by Gasteiger charge is -2.26. The molecule has 0 aliphatic heterocycles. The predicted octanol–water partition coefficient (Wildman–Crippen LogP) is 3.29. The van der Waals surface area contributed by atoms with Crippen molar-refractivity contribution in [2.45, 2.75) is 75.8 Å². The first-order valence-corrected chi connectivity index (χ1v) is 10.9. The number of non-ortho nitro benzene ring substituents is 1. The molecule has 3 rings (SSSR count). The Morgan fingerprint density at radius 1 is 1.00 bits per heavy atom. The third-order valence-corrected chi connectivity index (χ3v) is 5.90. The van der Waals surface area contributed by atoms with Gasteiger partial charge in [0, 0.05) is 24.2 Å². The van der Waals surface area contributed by atoms with Crippen LogP contribution >= 0.6 is 0 Å². The lowest BCUT2D eigenvalue weighted by Crippen LogP contribution is -2.35. The quantitative estimate of drug-likeness (QED) is 0.404. The molecule has 9 heteroatoms. The Morgan fingerprint density at radius 3 is 2.04 bits per heavy atom. The summed E-state index contributed by atoms with van der Waals surface area (Å²) < 4.78 is 31.3. The van der Waals surface area contributed by atoms with Gasteiger partial charge in [-0.2, -0.15) is 13.1 Å². The number of nitrogens with zero attached hydrogens (tertiary/aromatic N) is 1. The minimum absolute atomic E-state index is 0.0428. The normalized spacial score (nSPS) is 23.9. The van der Waals surface area contributed by atoms with E-state index in [0.717, 1.165) is 51.4 Å². The van der Waals surface area contributed by atoms with E-state index in [2.05, 4.69) is 4.72 Å². The number of rotatable bonds is 4. The van der Waals surface area contributed by atoms with Crippen LogP contribution in [0.3, 0.4) is 0 Å². The van der Waals surface area contributed by atoms with Gasteiger partial charge in [-0.05, 0) is 50.0 Å². The summed E-state index contributed by atoms with van der Waals surface area (Å²) in [5, 5.41) is 10.5. The SMILES string of the molecule is NC1CCC(c2ccc([N+](=O)[O-])cc2)CC1.O=S(=O)(O)NC1CCCCC1. The summed E-state index contributed by atoms with van der Waals surface area (Å²) in [6.07, 6.45) is 9.27. The first-order valence-electron chi connectivity index (χ1n) is 9.49. The highest BCUT2D eigenvalue weighted by atomic mass is 32.2. The van der Waals surface area contributed by atoms with Gasteiger partial charge >= 0.3 is 10.3 Å². The van der Waals surface area contributed by atoms with Crippen molar-refractivity contribution in [2.24, 2.45) is 5.73 Å².